The van der Waals surface area contributed by atoms with Crippen LogP contribution in [0.5, 0.6) is 0 Å². The lowest BCUT2D eigenvalue weighted by molar-refractivity contribution is 0.0953. The number of aryl methyl sites for hydroxylation is 1. The van der Waals surface area contributed by atoms with E-state index in [1.54, 1.807) is 18.2 Å². The van der Waals surface area contributed by atoms with E-state index >= 15 is 0 Å². The maximum absolute atomic E-state index is 12.7. The molecule has 0 aliphatic rings. The van der Waals surface area contributed by atoms with Gasteiger partial charge in [0.05, 0.1) is 10.9 Å². The first-order chi connectivity index (χ1) is 16.2. The van der Waals surface area contributed by atoms with Gasteiger partial charge in [0, 0.05) is 17.8 Å². The van der Waals surface area contributed by atoms with Crippen LogP contribution in [0.15, 0.2) is 83.7 Å². The Labute approximate surface area is 193 Å². The van der Waals surface area contributed by atoms with Gasteiger partial charge >= 0.3 is 0 Å². The van der Waals surface area contributed by atoms with Crippen molar-refractivity contribution < 1.29 is 4.79 Å². The Morgan fingerprint density at radius 1 is 0.970 bits per heavy atom. The van der Waals surface area contributed by atoms with Crippen molar-refractivity contribution in [2.75, 3.05) is 11.9 Å². The molecule has 0 unspecified atom stereocenters. The monoisotopic (exact) mass is 455 g/mol. The summed E-state index contributed by atoms with van der Waals surface area (Å²) in [7, 11) is 0. The number of fused-ring (bicyclic) bond motifs is 2. The molecule has 0 saturated carbocycles. The number of nitrogens with zero attached hydrogens (tertiary/aromatic N) is 3. The molecule has 5 aromatic rings. The fraction of sp³-hybridized carbons (Fsp3) is 0.120. The molecule has 0 fully saturated rings. The third-order valence-electron chi connectivity index (χ3n) is 5.25. The Balaban J connectivity index is 1.26. The molecular formula is C25H21N5O2S. The predicted octanol–water partition coefficient (Wildman–Crippen LogP) is 4.41. The smallest absolute Gasteiger partial charge is 0.283 e. The number of para-hydroxylation sites is 1. The first kappa shape index (κ1) is 20.8. The molecule has 2 heterocycles. The maximum Gasteiger partial charge on any atom is 0.283 e. The van der Waals surface area contributed by atoms with Crippen LogP contribution < -0.4 is 16.2 Å². The van der Waals surface area contributed by atoms with E-state index in [1.807, 2.05) is 48.5 Å². The van der Waals surface area contributed by atoms with Crippen molar-refractivity contribution in [2.24, 2.45) is 0 Å². The van der Waals surface area contributed by atoms with Crippen molar-refractivity contribution in [1.29, 1.82) is 0 Å². The molecule has 8 heteroatoms. The molecule has 5 rings (SSSR count). The molecule has 0 atom stereocenters. The zero-order chi connectivity index (χ0) is 22.6. The number of hydrogen-bond acceptors (Lipinski definition) is 6. The predicted molar refractivity (Wildman–Crippen MR) is 131 cm³/mol. The molecule has 0 spiro atoms. The minimum atomic E-state index is -0.205. The highest BCUT2D eigenvalue weighted by Gasteiger charge is 2.12. The van der Waals surface area contributed by atoms with Crippen LogP contribution >= 0.6 is 11.3 Å². The number of carbonyl (C=O) groups is 1. The molecule has 2 aromatic heterocycles. The van der Waals surface area contributed by atoms with E-state index in [0.717, 1.165) is 12.8 Å². The van der Waals surface area contributed by atoms with Crippen molar-refractivity contribution in [3.05, 3.63) is 100 Å². The highest BCUT2D eigenvalue weighted by molar-refractivity contribution is 7.20. The van der Waals surface area contributed by atoms with Crippen molar-refractivity contribution in [3.8, 4) is 0 Å². The molecular weight excluding hydrogens is 434 g/mol. The summed E-state index contributed by atoms with van der Waals surface area (Å²) in [6.07, 6.45) is 1.79. The van der Waals surface area contributed by atoms with E-state index in [9.17, 15) is 9.59 Å². The lowest BCUT2D eigenvalue weighted by atomic mass is 10.1. The third-order valence-corrected chi connectivity index (χ3v) is 6.07. The Kier molecular flexibility index (Phi) is 5.82. The Bertz CT molecular complexity index is 1490. The summed E-state index contributed by atoms with van der Waals surface area (Å²) in [6, 6.07) is 24.6. The van der Waals surface area contributed by atoms with Crippen LogP contribution in [0, 0.1) is 0 Å². The second-order valence-corrected chi connectivity index (χ2v) is 8.54. The van der Waals surface area contributed by atoms with Crippen molar-refractivity contribution in [2.45, 2.75) is 12.8 Å². The van der Waals surface area contributed by atoms with Gasteiger partial charge in [-0.2, -0.15) is 4.52 Å². The molecule has 164 valence electrons. The highest BCUT2D eigenvalue weighted by atomic mass is 32.1. The maximum atomic E-state index is 12.7. The third kappa shape index (κ3) is 4.61. The average Bonchev–Trinajstić information content (AvgIpc) is 3.25. The molecule has 2 N–H and O–H groups in total. The van der Waals surface area contributed by atoms with Gasteiger partial charge in [-0.3, -0.25) is 9.59 Å². The van der Waals surface area contributed by atoms with E-state index in [4.69, 9.17) is 0 Å². The van der Waals surface area contributed by atoms with Crippen LogP contribution in [-0.2, 0) is 6.42 Å². The SMILES string of the molecule is O=C(NCCCc1ccccc1)c1cccc(Nc2nn3c(=O)c4ccccc4nc3s2)c1. The summed E-state index contributed by atoms with van der Waals surface area (Å²) >= 11 is 1.28. The number of amides is 1. The van der Waals surface area contributed by atoms with Crippen LogP contribution in [0.2, 0.25) is 0 Å². The largest absolute Gasteiger partial charge is 0.352 e. The second kappa shape index (κ2) is 9.22. The van der Waals surface area contributed by atoms with Crippen molar-refractivity contribution >= 4 is 43.9 Å². The fourth-order valence-electron chi connectivity index (χ4n) is 3.61. The molecule has 0 bridgehead atoms. The minimum absolute atomic E-state index is 0.125. The molecule has 7 nitrogen and oxygen atoms in total. The number of carbonyl (C=O) groups excluding carboxylic acids is 1. The lowest BCUT2D eigenvalue weighted by Crippen LogP contribution is -2.24. The summed E-state index contributed by atoms with van der Waals surface area (Å²) in [5.41, 5.74) is 2.97. The van der Waals surface area contributed by atoms with Gasteiger partial charge in [0.15, 0.2) is 0 Å². The fourth-order valence-corrected chi connectivity index (χ4v) is 4.43. The topological polar surface area (TPSA) is 88.4 Å². The Morgan fingerprint density at radius 2 is 1.79 bits per heavy atom. The highest BCUT2D eigenvalue weighted by Crippen LogP contribution is 2.23. The molecule has 1 amide bonds. The summed E-state index contributed by atoms with van der Waals surface area (Å²) in [5, 5.41) is 11.6. The number of nitrogens with one attached hydrogen (secondary N) is 2. The first-order valence-electron chi connectivity index (χ1n) is 10.7. The van der Waals surface area contributed by atoms with Gasteiger partial charge in [0.1, 0.15) is 0 Å². The normalized spacial score (nSPS) is 11.0. The first-order valence-corrected chi connectivity index (χ1v) is 11.5. The summed E-state index contributed by atoms with van der Waals surface area (Å²) < 4.78 is 1.30. The standard InChI is InChI=1S/C25H21N5O2S/c31-22(26-15-7-10-17-8-2-1-3-9-17)18-11-6-12-19(16-18)27-24-29-30-23(32)20-13-4-5-14-21(20)28-25(30)33-24/h1-6,8-9,11-14,16H,7,10,15H2,(H,26,31)(H,27,29). The van der Waals surface area contributed by atoms with Crippen molar-refractivity contribution in [1.82, 2.24) is 19.9 Å². The van der Waals surface area contributed by atoms with Gasteiger partial charge in [0.2, 0.25) is 10.1 Å². The molecule has 0 aliphatic heterocycles. The summed E-state index contributed by atoms with van der Waals surface area (Å²) in [6.45, 7) is 0.603. The van der Waals surface area contributed by atoms with Gasteiger partial charge in [-0.15, -0.1) is 5.10 Å². The summed E-state index contributed by atoms with van der Waals surface area (Å²) in [4.78, 5) is 30.3. The van der Waals surface area contributed by atoms with Crippen LogP contribution in [0.4, 0.5) is 10.8 Å². The van der Waals surface area contributed by atoms with Gasteiger partial charge in [-0.1, -0.05) is 59.9 Å². The van der Waals surface area contributed by atoms with Gasteiger partial charge in [0.25, 0.3) is 11.5 Å². The zero-order valence-corrected chi connectivity index (χ0v) is 18.5. The van der Waals surface area contributed by atoms with E-state index in [1.165, 1.54) is 21.4 Å². The molecule has 3 aromatic carbocycles. The number of rotatable bonds is 7. The number of anilines is 2. The van der Waals surface area contributed by atoms with Crippen molar-refractivity contribution in [3.63, 3.8) is 0 Å². The average molecular weight is 456 g/mol. The lowest BCUT2D eigenvalue weighted by Gasteiger charge is -2.07. The van der Waals surface area contributed by atoms with Gasteiger partial charge in [-0.05, 0) is 48.7 Å². The molecule has 0 saturated heterocycles. The van der Waals surface area contributed by atoms with Gasteiger partial charge in [-0.25, -0.2) is 4.98 Å². The number of benzene rings is 3. The van der Waals surface area contributed by atoms with Gasteiger partial charge < -0.3 is 10.6 Å². The quantitative estimate of drug-likeness (QED) is 0.355. The molecule has 0 radical (unpaired) electrons. The van der Waals surface area contributed by atoms with E-state index in [-0.39, 0.29) is 11.5 Å². The molecule has 0 aliphatic carbocycles. The number of aromatic nitrogens is 3. The van der Waals surface area contributed by atoms with E-state index in [2.05, 4.69) is 32.8 Å². The van der Waals surface area contributed by atoms with Crippen LogP contribution in [0.25, 0.3) is 15.9 Å². The molecule has 33 heavy (non-hydrogen) atoms. The minimum Gasteiger partial charge on any atom is -0.352 e. The van der Waals surface area contributed by atoms with E-state index < -0.39 is 0 Å². The zero-order valence-electron chi connectivity index (χ0n) is 17.7. The van der Waals surface area contributed by atoms with Crippen LogP contribution in [-0.4, -0.2) is 27.0 Å². The van der Waals surface area contributed by atoms with Crippen LogP contribution in [0.3, 0.4) is 0 Å². The van der Waals surface area contributed by atoms with E-state index in [0.29, 0.717) is 38.8 Å². The Hall–Kier alpha value is -4.04. The summed E-state index contributed by atoms with van der Waals surface area (Å²) in [5.74, 6) is -0.125. The second-order valence-electron chi connectivity index (χ2n) is 7.59. The number of hydrogen-bond donors (Lipinski definition) is 2. The van der Waals surface area contributed by atoms with Crippen LogP contribution in [0.1, 0.15) is 22.3 Å². The Morgan fingerprint density at radius 3 is 2.67 bits per heavy atom.